The van der Waals surface area contributed by atoms with Crippen LogP contribution in [0.2, 0.25) is 0 Å². The molecule has 0 saturated carbocycles. The fourth-order valence-electron chi connectivity index (χ4n) is 0.731. The SMILES string of the molecule is COC(=O)C([N+]#N)=C1N=NNN1C. The fraction of sp³-hybridized carbons (Fsp3) is 0.400. The van der Waals surface area contributed by atoms with Gasteiger partial charge in [0.25, 0.3) is 5.82 Å². The molecule has 0 bridgehead atoms. The van der Waals surface area contributed by atoms with Gasteiger partial charge in [-0.1, -0.05) is 5.22 Å². The molecule has 8 heteroatoms. The van der Waals surface area contributed by atoms with Crippen LogP contribution in [0, 0.1) is 5.39 Å². The third-order valence-electron chi connectivity index (χ3n) is 1.35. The van der Waals surface area contributed by atoms with Crippen LogP contribution < -0.4 is 5.53 Å². The lowest BCUT2D eigenvalue weighted by Crippen LogP contribution is -2.25. The number of hydrogen-bond acceptors (Lipinski definition) is 7. The monoisotopic (exact) mass is 183 g/mol. The summed E-state index contributed by atoms with van der Waals surface area (Å²) in [4.78, 5) is 13.7. The van der Waals surface area contributed by atoms with E-state index in [1.165, 1.54) is 12.1 Å². The summed E-state index contributed by atoms with van der Waals surface area (Å²) in [6.07, 6.45) is 0. The zero-order valence-corrected chi connectivity index (χ0v) is 7.05. The van der Waals surface area contributed by atoms with Gasteiger partial charge in [0, 0.05) is 7.05 Å². The van der Waals surface area contributed by atoms with Crippen LogP contribution in [-0.4, -0.2) is 25.1 Å². The van der Waals surface area contributed by atoms with Gasteiger partial charge in [-0.25, -0.2) is 9.80 Å². The highest BCUT2D eigenvalue weighted by Crippen LogP contribution is 2.15. The molecule has 8 nitrogen and oxygen atoms in total. The molecule has 68 valence electrons. The maximum Gasteiger partial charge on any atom is 0.513 e. The minimum atomic E-state index is -0.785. The topological polar surface area (TPSA) is 94.4 Å². The Kier molecular flexibility index (Phi) is 2.39. The third kappa shape index (κ3) is 1.53. The van der Waals surface area contributed by atoms with Gasteiger partial charge in [0.1, 0.15) is 0 Å². The van der Waals surface area contributed by atoms with Gasteiger partial charge in [0.15, 0.2) is 4.98 Å². The lowest BCUT2D eigenvalue weighted by atomic mass is 10.4. The third-order valence-corrected chi connectivity index (χ3v) is 1.35. The Morgan fingerprint density at radius 2 is 2.46 bits per heavy atom. The molecule has 0 spiro atoms. The van der Waals surface area contributed by atoms with E-state index < -0.39 is 5.97 Å². The Bertz CT molecular complexity index is 326. The van der Waals surface area contributed by atoms with Gasteiger partial charge in [0.2, 0.25) is 5.39 Å². The second-order valence-corrected chi connectivity index (χ2v) is 2.12. The fourth-order valence-corrected chi connectivity index (χ4v) is 0.731. The number of nitrogens with zero attached hydrogens (tertiary/aromatic N) is 5. The number of hydrazine groups is 1. The van der Waals surface area contributed by atoms with Crippen molar-refractivity contribution < 1.29 is 9.53 Å². The first-order chi connectivity index (χ1) is 6.20. The van der Waals surface area contributed by atoms with Crippen molar-refractivity contribution in [3.05, 3.63) is 16.5 Å². The summed E-state index contributed by atoms with van der Waals surface area (Å²) in [6, 6.07) is 0. The number of methoxy groups -OCH3 is 1. The number of carbonyl (C=O) groups excluding carboxylic acids is 1. The van der Waals surface area contributed by atoms with Gasteiger partial charge < -0.3 is 4.74 Å². The minimum absolute atomic E-state index is 0.0920. The molecule has 0 radical (unpaired) electrons. The van der Waals surface area contributed by atoms with Crippen LogP contribution in [0.25, 0.3) is 4.98 Å². The van der Waals surface area contributed by atoms with E-state index in [1.807, 2.05) is 0 Å². The predicted molar refractivity (Wildman–Crippen MR) is 39.9 cm³/mol. The maximum absolute atomic E-state index is 11.0. The van der Waals surface area contributed by atoms with E-state index in [-0.39, 0.29) is 11.5 Å². The quantitative estimate of drug-likeness (QED) is 0.350. The molecule has 0 aromatic carbocycles. The molecule has 0 aromatic rings. The van der Waals surface area contributed by atoms with E-state index in [9.17, 15) is 4.79 Å². The van der Waals surface area contributed by atoms with Crippen molar-refractivity contribution in [1.82, 2.24) is 10.5 Å². The number of diazo groups is 1. The predicted octanol–water partition coefficient (Wildman–Crippen LogP) is -0.00122. The molecule has 1 rings (SSSR count). The molecule has 0 fully saturated rings. The molecule has 13 heavy (non-hydrogen) atoms. The zero-order chi connectivity index (χ0) is 9.84. The molecular weight excluding hydrogens is 176 g/mol. The molecule has 0 aromatic heterocycles. The van der Waals surface area contributed by atoms with Crippen LogP contribution in [0.1, 0.15) is 0 Å². The van der Waals surface area contributed by atoms with Crippen LogP contribution in [-0.2, 0) is 9.53 Å². The number of hydrogen-bond donors (Lipinski definition) is 1. The van der Waals surface area contributed by atoms with Gasteiger partial charge in [-0.3, -0.25) is 0 Å². The van der Waals surface area contributed by atoms with Crippen molar-refractivity contribution in [3.8, 4) is 0 Å². The standard InChI is InChI=1S/C5H6N6O2/c1-11-4(8-9-10-11)3(7-6)5(12)13-2/h1-2H3/p+1. The van der Waals surface area contributed by atoms with Crippen molar-refractivity contribution in [3.63, 3.8) is 0 Å². The van der Waals surface area contributed by atoms with Crippen LogP contribution >= 0.6 is 0 Å². The lowest BCUT2D eigenvalue weighted by molar-refractivity contribution is -0.135. The number of rotatable bonds is 1. The highest BCUT2D eigenvalue weighted by molar-refractivity contribution is 5.90. The summed E-state index contributed by atoms with van der Waals surface area (Å²) < 4.78 is 4.36. The van der Waals surface area contributed by atoms with E-state index in [2.05, 4.69) is 25.6 Å². The van der Waals surface area contributed by atoms with Crippen LogP contribution in [0.3, 0.4) is 0 Å². The summed E-state index contributed by atoms with van der Waals surface area (Å²) in [5.74, 6) is -0.693. The maximum atomic E-state index is 11.0. The van der Waals surface area contributed by atoms with E-state index in [4.69, 9.17) is 5.39 Å². The molecule has 1 N–H and O–H groups in total. The van der Waals surface area contributed by atoms with E-state index >= 15 is 0 Å². The highest BCUT2D eigenvalue weighted by atomic mass is 16.5. The summed E-state index contributed by atoms with van der Waals surface area (Å²) in [6.45, 7) is 0. The average Bonchev–Trinajstić information content (AvgIpc) is 2.53. The van der Waals surface area contributed by atoms with Crippen LogP contribution in [0.4, 0.5) is 0 Å². The number of carbonyl (C=O) groups is 1. The molecular formula is C5H7N6O2+. The van der Waals surface area contributed by atoms with Crippen LogP contribution in [0.15, 0.2) is 21.9 Å². The van der Waals surface area contributed by atoms with E-state index in [0.29, 0.717) is 0 Å². The van der Waals surface area contributed by atoms with E-state index in [0.717, 1.165) is 0 Å². The largest absolute Gasteiger partial charge is 0.513 e. The zero-order valence-electron chi connectivity index (χ0n) is 7.05. The summed E-state index contributed by atoms with van der Waals surface area (Å²) in [5.41, 5.74) is 2.11. The smallest absolute Gasteiger partial charge is 0.460 e. The van der Waals surface area contributed by atoms with E-state index in [1.54, 1.807) is 7.05 Å². The van der Waals surface area contributed by atoms with Crippen molar-refractivity contribution in [1.29, 1.82) is 5.39 Å². The molecule has 0 aliphatic carbocycles. The van der Waals surface area contributed by atoms with Gasteiger partial charge >= 0.3 is 11.7 Å². The molecule has 0 amide bonds. The van der Waals surface area contributed by atoms with Gasteiger partial charge in [-0.05, 0) is 0 Å². The Morgan fingerprint density at radius 1 is 1.77 bits per heavy atom. The molecule has 0 atom stereocenters. The molecule has 0 saturated heterocycles. The summed E-state index contributed by atoms with van der Waals surface area (Å²) in [5, 5.41) is 16.7. The Hall–Kier alpha value is -2.17. The van der Waals surface area contributed by atoms with Gasteiger partial charge in [-0.15, -0.1) is 5.11 Å². The van der Waals surface area contributed by atoms with Crippen molar-refractivity contribution in [2.24, 2.45) is 10.3 Å². The van der Waals surface area contributed by atoms with Crippen molar-refractivity contribution >= 4 is 5.97 Å². The number of esters is 1. The van der Waals surface area contributed by atoms with Gasteiger partial charge in [0.05, 0.1) is 7.11 Å². The minimum Gasteiger partial charge on any atom is -0.460 e. The van der Waals surface area contributed by atoms with Crippen LogP contribution in [0.5, 0.6) is 0 Å². The molecule has 1 heterocycles. The Balaban J connectivity index is 3.06. The number of nitrogens with one attached hydrogen (secondary N) is 1. The van der Waals surface area contributed by atoms with Crippen molar-refractivity contribution in [2.45, 2.75) is 0 Å². The molecule has 1 aliphatic rings. The van der Waals surface area contributed by atoms with Gasteiger partial charge in [-0.2, -0.15) is 5.53 Å². The molecule has 0 unspecified atom stereocenters. The first-order valence-corrected chi connectivity index (χ1v) is 3.28. The first kappa shape index (κ1) is 8.92. The molecule has 1 aliphatic heterocycles. The normalized spacial score (nSPS) is 17.8. The Labute approximate surface area is 73.4 Å². The summed E-state index contributed by atoms with van der Waals surface area (Å²) in [7, 11) is 2.73. The lowest BCUT2D eigenvalue weighted by Gasteiger charge is -2.04. The average molecular weight is 183 g/mol. The summed E-state index contributed by atoms with van der Waals surface area (Å²) >= 11 is 0. The van der Waals surface area contributed by atoms with Crippen molar-refractivity contribution in [2.75, 3.05) is 14.2 Å². The first-order valence-electron chi connectivity index (χ1n) is 3.28. The second-order valence-electron chi connectivity index (χ2n) is 2.12. The Morgan fingerprint density at radius 3 is 2.85 bits per heavy atom. The number of ether oxygens (including phenoxy) is 1. The highest BCUT2D eigenvalue weighted by Gasteiger charge is 2.34. The second kappa shape index (κ2) is 3.48.